The summed E-state index contributed by atoms with van der Waals surface area (Å²) in [6.07, 6.45) is 3.73. The number of ether oxygens (including phenoxy) is 1. The molecular weight excluding hydrogens is 382 g/mol. The quantitative estimate of drug-likeness (QED) is 0.439. The number of nitro groups is 1. The van der Waals surface area contributed by atoms with E-state index in [1.54, 1.807) is 4.57 Å². The molecule has 0 bridgehead atoms. The normalized spacial score (nSPS) is 14.4. The molecular formula is C23H23N3O4. The van der Waals surface area contributed by atoms with Gasteiger partial charge >= 0.3 is 0 Å². The van der Waals surface area contributed by atoms with Gasteiger partial charge in [-0.1, -0.05) is 26.0 Å². The lowest BCUT2D eigenvalue weighted by molar-refractivity contribution is -0.384. The van der Waals surface area contributed by atoms with Gasteiger partial charge < -0.3 is 4.74 Å². The molecule has 0 unspecified atom stereocenters. The molecule has 7 nitrogen and oxygen atoms in total. The van der Waals surface area contributed by atoms with Crippen LogP contribution in [0, 0.1) is 16.0 Å². The Hall–Kier alpha value is -3.48. The van der Waals surface area contributed by atoms with Gasteiger partial charge in [-0.25, -0.2) is 4.98 Å². The van der Waals surface area contributed by atoms with Crippen molar-refractivity contribution in [2.45, 2.75) is 33.2 Å². The van der Waals surface area contributed by atoms with E-state index in [2.05, 4.69) is 18.8 Å². The Balaban J connectivity index is 1.62. The van der Waals surface area contributed by atoms with Crippen LogP contribution in [0.5, 0.6) is 5.75 Å². The van der Waals surface area contributed by atoms with Gasteiger partial charge in [0.15, 0.2) is 0 Å². The first-order valence-electron chi connectivity index (χ1n) is 10.0. The lowest BCUT2D eigenvalue weighted by atomic mass is 10.1. The summed E-state index contributed by atoms with van der Waals surface area (Å²) in [5.41, 5.74) is 2.11. The number of hydrogen-bond donors (Lipinski definition) is 0. The van der Waals surface area contributed by atoms with Crippen LogP contribution in [0.1, 0.15) is 38.1 Å². The number of fused-ring (bicyclic) bond motifs is 2. The number of non-ortho nitro benzene ring substituents is 1. The van der Waals surface area contributed by atoms with Gasteiger partial charge in [0.25, 0.3) is 11.2 Å². The van der Waals surface area contributed by atoms with Crippen LogP contribution in [0.25, 0.3) is 22.6 Å². The van der Waals surface area contributed by atoms with Crippen LogP contribution < -0.4 is 10.3 Å². The van der Waals surface area contributed by atoms with Crippen molar-refractivity contribution in [3.63, 3.8) is 0 Å². The smallest absolute Gasteiger partial charge is 0.270 e. The van der Waals surface area contributed by atoms with Crippen molar-refractivity contribution in [1.29, 1.82) is 0 Å². The molecule has 2 aromatic carbocycles. The molecule has 0 amide bonds. The van der Waals surface area contributed by atoms with Crippen molar-refractivity contribution in [2.75, 3.05) is 6.61 Å². The van der Waals surface area contributed by atoms with Crippen molar-refractivity contribution in [3.8, 4) is 5.75 Å². The third-order valence-electron chi connectivity index (χ3n) is 5.23. The monoisotopic (exact) mass is 405 g/mol. The third kappa shape index (κ3) is 3.96. The number of rotatable bonds is 6. The molecule has 0 radical (unpaired) electrons. The molecule has 0 saturated heterocycles. The molecule has 0 aliphatic carbocycles. The van der Waals surface area contributed by atoms with E-state index >= 15 is 0 Å². The van der Waals surface area contributed by atoms with E-state index in [0.29, 0.717) is 36.8 Å². The van der Waals surface area contributed by atoms with Crippen LogP contribution in [0.3, 0.4) is 0 Å². The van der Waals surface area contributed by atoms with E-state index in [0.717, 1.165) is 23.3 Å². The number of allylic oxidation sites excluding steroid dienone is 1. The summed E-state index contributed by atoms with van der Waals surface area (Å²) < 4.78 is 7.36. The van der Waals surface area contributed by atoms with Gasteiger partial charge in [0.05, 0.1) is 22.4 Å². The van der Waals surface area contributed by atoms with Crippen LogP contribution in [-0.2, 0) is 6.54 Å². The summed E-state index contributed by atoms with van der Waals surface area (Å²) in [5, 5.41) is 11.3. The Morgan fingerprint density at radius 2 is 2.00 bits per heavy atom. The van der Waals surface area contributed by atoms with Crippen LogP contribution in [0.4, 0.5) is 5.69 Å². The molecule has 1 aromatic heterocycles. The van der Waals surface area contributed by atoms with Gasteiger partial charge in [-0.2, -0.15) is 0 Å². The summed E-state index contributed by atoms with van der Waals surface area (Å²) in [6.45, 7) is 5.55. The van der Waals surface area contributed by atoms with Crippen LogP contribution >= 0.6 is 0 Å². The zero-order valence-corrected chi connectivity index (χ0v) is 17.0. The number of hydrogen-bond acceptors (Lipinski definition) is 5. The number of nitrogens with zero attached hydrogens (tertiary/aromatic N) is 3. The second-order valence-electron chi connectivity index (χ2n) is 7.87. The highest BCUT2D eigenvalue weighted by molar-refractivity contribution is 5.85. The predicted octanol–water partition coefficient (Wildman–Crippen LogP) is 4.67. The van der Waals surface area contributed by atoms with Gasteiger partial charge in [0.1, 0.15) is 11.6 Å². The maximum atomic E-state index is 12.8. The summed E-state index contributed by atoms with van der Waals surface area (Å²) in [5.74, 6) is 2.07. The van der Waals surface area contributed by atoms with Crippen LogP contribution in [0.2, 0.25) is 0 Å². The summed E-state index contributed by atoms with van der Waals surface area (Å²) in [6, 6.07) is 12.1. The number of aromatic nitrogens is 2. The van der Waals surface area contributed by atoms with Crippen molar-refractivity contribution in [2.24, 2.45) is 5.92 Å². The Morgan fingerprint density at radius 1 is 1.23 bits per heavy atom. The predicted molar refractivity (Wildman–Crippen MR) is 117 cm³/mol. The van der Waals surface area contributed by atoms with Gasteiger partial charge in [0, 0.05) is 18.7 Å². The molecule has 1 aliphatic heterocycles. The van der Waals surface area contributed by atoms with E-state index in [1.165, 1.54) is 18.2 Å². The van der Waals surface area contributed by atoms with Crippen LogP contribution in [-0.4, -0.2) is 21.1 Å². The first-order valence-corrected chi connectivity index (χ1v) is 10.0. The minimum Gasteiger partial charge on any atom is -0.494 e. The molecule has 154 valence electrons. The largest absolute Gasteiger partial charge is 0.494 e. The van der Waals surface area contributed by atoms with E-state index in [9.17, 15) is 14.9 Å². The van der Waals surface area contributed by atoms with Gasteiger partial charge in [-0.3, -0.25) is 19.5 Å². The van der Waals surface area contributed by atoms with E-state index in [1.807, 2.05) is 30.3 Å². The standard InChI is InChI=1S/C23H23N3O4/c1-15(2)10-12-30-19-6-3-16(4-7-19)13-17-9-11-25-22(17)24-21-8-5-18(26(28)29)14-20(21)23(25)27/h3-8,13-15H,9-12H2,1-2H3/b17-13+. The van der Waals surface area contributed by atoms with Crippen LogP contribution in [0.15, 0.2) is 47.3 Å². The maximum absolute atomic E-state index is 12.8. The first-order chi connectivity index (χ1) is 14.4. The molecule has 30 heavy (non-hydrogen) atoms. The molecule has 0 spiro atoms. The third-order valence-corrected chi connectivity index (χ3v) is 5.23. The summed E-state index contributed by atoms with van der Waals surface area (Å²) in [7, 11) is 0. The first kappa shape index (κ1) is 19.8. The molecule has 7 heteroatoms. The highest BCUT2D eigenvalue weighted by Gasteiger charge is 2.22. The van der Waals surface area contributed by atoms with E-state index in [4.69, 9.17) is 4.74 Å². The fourth-order valence-corrected chi connectivity index (χ4v) is 3.53. The topological polar surface area (TPSA) is 87.3 Å². The minimum atomic E-state index is -0.502. The molecule has 3 aromatic rings. The molecule has 4 rings (SSSR count). The van der Waals surface area contributed by atoms with Crippen molar-refractivity contribution in [1.82, 2.24) is 9.55 Å². The average molecular weight is 405 g/mol. The lowest BCUT2D eigenvalue weighted by Crippen LogP contribution is -2.20. The fraction of sp³-hybridized carbons (Fsp3) is 0.304. The second-order valence-corrected chi connectivity index (χ2v) is 7.87. The number of benzene rings is 2. The minimum absolute atomic E-state index is 0.105. The van der Waals surface area contributed by atoms with Gasteiger partial charge in [-0.05, 0) is 54.2 Å². The van der Waals surface area contributed by atoms with E-state index < -0.39 is 4.92 Å². The highest BCUT2D eigenvalue weighted by Crippen LogP contribution is 2.28. The lowest BCUT2D eigenvalue weighted by Gasteiger charge is -2.08. The highest BCUT2D eigenvalue weighted by atomic mass is 16.6. The maximum Gasteiger partial charge on any atom is 0.270 e. The molecule has 0 saturated carbocycles. The zero-order valence-electron chi connectivity index (χ0n) is 17.0. The SMILES string of the molecule is CC(C)CCOc1ccc(/C=C2\CCn3c2nc2ccc([N+](=O)[O-])cc2c3=O)cc1. The van der Waals surface area contributed by atoms with Crippen molar-refractivity contribution >= 4 is 28.2 Å². The Morgan fingerprint density at radius 3 is 2.70 bits per heavy atom. The Labute approximate surface area is 173 Å². The Bertz CT molecular complexity index is 1190. The average Bonchev–Trinajstić information content (AvgIpc) is 3.12. The van der Waals surface area contributed by atoms with Crippen molar-refractivity contribution in [3.05, 3.63) is 74.3 Å². The van der Waals surface area contributed by atoms with Gasteiger partial charge in [0.2, 0.25) is 0 Å². The van der Waals surface area contributed by atoms with Gasteiger partial charge in [-0.15, -0.1) is 0 Å². The molecule has 0 N–H and O–H groups in total. The molecule has 0 atom stereocenters. The molecule has 1 aliphatic rings. The molecule has 0 fully saturated rings. The Kier molecular flexibility index (Phi) is 5.35. The summed E-state index contributed by atoms with van der Waals surface area (Å²) in [4.78, 5) is 28.0. The second kappa shape index (κ2) is 8.10. The van der Waals surface area contributed by atoms with Crippen molar-refractivity contribution < 1.29 is 9.66 Å². The zero-order chi connectivity index (χ0) is 21.3. The van der Waals surface area contributed by atoms with E-state index in [-0.39, 0.29) is 16.6 Å². The number of nitro benzene ring substituents is 1. The molecule has 2 heterocycles. The fourth-order valence-electron chi connectivity index (χ4n) is 3.53. The summed E-state index contributed by atoms with van der Waals surface area (Å²) >= 11 is 0.